The van der Waals surface area contributed by atoms with Crippen LogP contribution in [-0.2, 0) is 14.3 Å². The first-order valence-corrected chi connectivity index (χ1v) is 8.56. The summed E-state index contributed by atoms with van der Waals surface area (Å²) in [6.45, 7) is 0.0907. The van der Waals surface area contributed by atoms with Crippen molar-refractivity contribution in [3.63, 3.8) is 0 Å². The maximum atomic E-state index is 12.1. The molecule has 27 heavy (non-hydrogen) atoms. The van der Waals surface area contributed by atoms with Crippen molar-refractivity contribution >= 4 is 18.0 Å². The highest BCUT2D eigenvalue weighted by Crippen LogP contribution is 2.44. The van der Waals surface area contributed by atoms with Crippen LogP contribution in [0.4, 0.5) is 4.79 Å². The molecule has 1 unspecified atom stereocenters. The van der Waals surface area contributed by atoms with Crippen molar-refractivity contribution in [2.75, 3.05) is 13.7 Å². The molecule has 7 heteroatoms. The van der Waals surface area contributed by atoms with Gasteiger partial charge in [-0.15, -0.1) is 0 Å². The van der Waals surface area contributed by atoms with Crippen molar-refractivity contribution in [3.05, 3.63) is 59.7 Å². The Morgan fingerprint density at radius 2 is 1.59 bits per heavy atom. The summed E-state index contributed by atoms with van der Waals surface area (Å²) in [5.74, 6) is -1.89. The number of carbonyl (C=O) groups excluding carboxylic acids is 2. The second-order valence-corrected chi connectivity index (χ2v) is 6.23. The van der Waals surface area contributed by atoms with Crippen LogP contribution in [0.15, 0.2) is 48.5 Å². The number of benzene rings is 2. The van der Waals surface area contributed by atoms with Crippen LogP contribution in [0.25, 0.3) is 11.1 Å². The van der Waals surface area contributed by atoms with E-state index < -0.39 is 30.4 Å². The molecule has 2 aromatic rings. The molecule has 2 aromatic carbocycles. The minimum atomic E-state index is -1.19. The Kier molecular flexibility index (Phi) is 5.40. The van der Waals surface area contributed by atoms with Crippen molar-refractivity contribution in [2.24, 2.45) is 0 Å². The van der Waals surface area contributed by atoms with E-state index in [2.05, 4.69) is 10.6 Å². The smallest absolute Gasteiger partial charge is 0.407 e. The van der Waals surface area contributed by atoms with Crippen LogP contribution >= 0.6 is 0 Å². The highest BCUT2D eigenvalue weighted by atomic mass is 16.5. The summed E-state index contributed by atoms with van der Waals surface area (Å²) >= 11 is 0. The number of nitrogens with one attached hydrogen (secondary N) is 2. The lowest BCUT2D eigenvalue weighted by Crippen LogP contribution is -2.47. The van der Waals surface area contributed by atoms with Crippen LogP contribution in [0.1, 0.15) is 23.5 Å². The normalized spacial score (nSPS) is 13.2. The fourth-order valence-electron chi connectivity index (χ4n) is 3.34. The second-order valence-electron chi connectivity index (χ2n) is 6.23. The Hall–Kier alpha value is -3.35. The molecule has 0 fully saturated rings. The van der Waals surface area contributed by atoms with Crippen LogP contribution in [0, 0.1) is 0 Å². The van der Waals surface area contributed by atoms with Crippen molar-refractivity contribution < 1.29 is 24.2 Å². The van der Waals surface area contributed by atoms with Crippen LogP contribution in [0.2, 0.25) is 0 Å². The molecule has 3 rings (SSSR count). The summed E-state index contributed by atoms with van der Waals surface area (Å²) in [6, 6.07) is 14.7. The molecule has 1 aliphatic carbocycles. The quantitative estimate of drug-likeness (QED) is 0.724. The van der Waals surface area contributed by atoms with Gasteiger partial charge in [0, 0.05) is 13.0 Å². The molecule has 0 heterocycles. The number of likely N-dealkylation sites (N-methyl/N-ethyl adjacent to an activating group) is 1. The fourth-order valence-corrected chi connectivity index (χ4v) is 3.34. The van der Waals surface area contributed by atoms with E-state index in [1.54, 1.807) is 0 Å². The third-order valence-electron chi connectivity index (χ3n) is 4.58. The minimum Gasteiger partial charge on any atom is -0.481 e. The average molecular weight is 368 g/mol. The van der Waals surface area contributed by atoms with E-state index in [9.17, 15) is 14.4 Å². The largest absolute Gasteiger partial charge is 0.481 e. The SMILES string of the molecule is CNC(=O)C(CC(=O)O)NC(=O)OCC1c2ccccc2-c2ccccc21. The third-order valence-corrected chi connectivity index (χ3v) is 4.58. The third kappa shape index (κ3) is 3.92. The van der Waals surface area contributed by atoms with E-state index in [1.807, 2.05) is 48.5 Å². The molecule has 140 valence electrons. The van der Waals surface area contributed by atoms with E-state index in [0.717, 1.165) is 22.3 Å². The molecule has 3 N–H and O–H groups in total. The first kappa shape index (κ1) is 18.4. The van der Waals surface area contributed by atoms with Gasteiger partial charge in [-0.2, -0.15) is 0 Å². The van der Waals surface area contributed by atoms with E-state index in [4.69, 9.17) is 9.84 Å². The summed E-state index contributed by atoms with van der Waals surface area (Å²) < 4.78 is 5.32. The summed E-state index contributed by atoms with van der Waals surface area (Å²) in [4.78, 5) is 34.7. The predicted molar refractivity (Wildman–Crippen MR) is 98.3 cm³/mol. The van der Waals surface area contributed by atoms with Crippen LogP contribution in [0.5, 0.6) is 0 Å². The molecule has 1 atom stereocenters. The van der Waals surface area contributed by atoms with Gasteiger partial charge in [-0.1, -0.05) is 48.5 Å². The van der Waals surface area contributed by atoms with Gasteiger partial charge < -0.3 is 20.5 Å². The van der Waals surface area contributed by atoms with E-state index >= 15 is 0 Å². The van der Waals surface area contributed by atoms with E-state index in [-0.39, 0.29) is 12.5 Å². The topological polar surface area (TPSA) is 105 Å². The van der Waals surface area contributed by atoms with E-state index in [1.165, 1.54) is 7.05 Å². The number of carboxylic acids is 1. The van der Waals surface area contributed by atoms with Gasteiger partial charge in [0.05, 0.1) is 6.42 Å². The molecule has 0 spiro atoms. The summed E-state index contributed by atoms with van der Waals surface area (Å²) in [6.07, 6.45) is -1.35. The van der Waals surface area contributed by atoms with Gasteiger partial charge in [-0.3, -0.25) is 9.59 Å². The van der Waals surface area contributed by atoms with Gasteiger partial charge in [0.15, 0.2) is 0 Å². The van der Waals surface area contributed by atoms with Crippen LogP contribution in [0.3, 0.4) is 0 Å². The van der Waals surface area contributed by atoms with Gasteiger partial charge in [0.25, 0.3) is 0 Å². The van der Waals surface area contributed by atoms with Crippen molar-refractivity contribution in [1.82, 2.24) is 10.6 Å². The Morgan fingerprint density at radius 3 is 2.11 bits per heavy atom. The Balaban J connectivity index is 1.70. The minimum absolute atomic E-state index is 0.0907. The molecular weight excluding hydrogens is 348 g/mol. The molecule has 0 aliphatic heterocycles. The highest BCUT2D eigenvalue weighted by molar-refractivity contribution is 5.89. The predicted octanol–water partition coefficient (Wildman–Crippen LogP) is 2.11. The Bertz CT molecular complexity index is 835. The van der Waals surface area contributed by atoms with Gasteiger partial charge in [0.2, 0.25) is 5.91 Å². The monoisotopic (exact) mass is 368 g/mol. The molecule has 0 bridgehead atoms. The zero-order valence-corrected chi connectivity index (χ0v) is 14.8. The van der Waals surface area contributed by atoms with Gasteiger partial charge in [-0.05, 0) is 22.3 Å². The molecular formula is C20H20N2O5. The van der Waals surface area contributed by atoms with Crippen molar-refractivity contribution in [3.8, 4) is 11.1 Å². The molecule has 0 radical (unpaired) electrons. The average Bonchev–Trinajstić information content (AvgIpc) is 2.99. The van der Waals surface area contributed by atoms with Crippen molar-refractivity contribution in [1.29, 1.82) is 0 Å². The Morgan fingerprint density at radius 1 is 1.04 bits per heavy atom. The number of ether oxygens (including phenoxy) is 1. The number of hydrogen-bond donors (Lipinski definition) is 3. The molecule has 2 amide bonds. The number of hydrogen-bond acceptors (Lipinski definition) is 4. The first-order valence-electron chi connectivity index (χ1n) is 8.56. The lowest BCUT2D eigenvalue weighted by atomic mass is 9.98. The zero-order chi connectivity index (χ0) is 19.4. The zero-order valence-electron chi connectivity index (χ0n) is 14.8. The van der Waals surface area contributed by atoms with Gasteiger partial charge in [0.1, 0.15) is 12.6 Å². The Labute approximate surface area is 156 Å². The second kappa shape index (κ2) is 7.90. The number of rotatable bonds is 6. The maximum absolute atomic E-state index is 12.1. The lowest BCUT2D eigenvalue weighted by Gasteiger charge is -2.18. The first-order chi connectivity index (χ1) is 13.0. The standard InChI is InChI=1S/C20H20N2O5/c1-21-19(25)17(10-18(23)24)22-20(26)27-11-16-14-8-4-2-6-12(14)13-7-3-5-9-15(13)16/h2-9,16-17H,10-11H2,1H3,(H,21,25)(H,22,26)(H,23,24). The van der Waals surface area contributed by atoms with Crippen LogP contribution in [-0.4, -0.2) is 42.8 Å². The molecule has 0 saturated heterocycles. The maximum Gasteiger partial charge on any atom is 0.407 e. The highest BCUT2D eigenvalue weighted by Gasteiger charge is 2.30. The number of alkyl carbamates (subject to hydrolysis) is 1. The number of fused-ring (bicyclic) bond motifs is 3. The summed E-state index contributed by atoms with van der Waals surface area (Å²) in [5.41, 5.74) is 4.35. The summed E-state index contributed by atoms with van der Waals surface area (Å²) in [5, 5.41) is 13.5. The van der Waals surface area contributed by atoms with Gasteiger partial charge >= 0.3 is 12.1 Å². The number of amides is 2. The number of aliphatic carboxylic acids is 1. The molecule has 0 saturated carbocycles. The van der Waals surface area contributed by atoms with Crippen LogP contribution < -0.4 is 10.6 Å². The number of carbonyl (C=O) groups is 3. The van der Waals surface area contributed by atoms with E-state index in [0.29, 0.717) is 0 Å². The summed E-state index contributed by atoms with van der Waals surface area (Å²) in [7, 11) is 1.37. The molecule has 1 aliphatic rings. The lowest BCUT2D eigenvalue weighted by molar-refractivity contribution is -0.139. The molecule has 0 aromatic heterocycles. The number of carboxylic acid groups (broad SMARTS) is 1. The van der Waals surface area contributed by atoms with Crippen molar-refractivity contribution in [2.45, 2.75) is 18.4 Å². The fraction of sp³-hybridized carbons (Fsp3) is 0.250. The molecule has 7 nitrogen and oxygen atoms in total. The van der Waals surface area contributed by atoms with Gasteiger partial charge in [-0.25, -0.2) is 4.79 Å².